The SMILES string of the molecule is COc1cccc(NCC(=O)NN=C2CCN(Cc3ccccc3)CC2)c1. The summed E-state index contributed by atoms with van der Waals surface area (Å²) in [6, 6.07) is 18.0. The van der Waals surface area contributed by atoms with Crippen LogP contribution in [-0.4, -0.2) is 43.3 Å². The number of carbonyl (C=O) groups is 1. The minimum Gasteiger partial charge on any atom is -0.497 e. The number of benzene rings is 2. The van der Waals surface area contributed by atoms with Gasteiger partial charge in [0.1, 0.15) is 5.75 Å². The highest BCUT2D eigenvalue weighted by molar-refractivity contribution is 5.88. The number of piperidine rings is 1. The number of hydrogen-bond acceptors (Lipinski definition) is 5. The van der Waals surface area contributed by atoms with Crippen LogP contribution < -0.4 is 15.5 Å². The number of methoxy groups -OCH3 is 1. The van der Waals surface area contributed by atoms with Gasteiger partial charge in [-0.2, -0.15) is 5.10 Å². The fourth-order valence-corrected chi connectivity index (χ4v) is 3.02. The number of amides is 1. The Hall–Kier alpha value is -2.86. The van der Waals surface area contributed by atoms with Crippen molar-refractivity contribution in [1.82, 2.24) is 10.3 Å². The molecule has 1 amide bonds. The van der Waals surface area contributed by atoms with Gasteiger partial charge >= 0.3 is 0 Å². The fraction of sp³-hybridized carbons (Fsp3) is 0.333. The van der Waals surface area contributed by atoms with Gasteiger partial charge in [0.2, 0.25) is 0 Å². The topological polar surface area (TPSA) is 66.0 Å². The maximum Gasteiger partial charge on any atom is 0.259 e. The normalized spacial score (nSPS) is 14.5. The number of nitrogens with zero attached hydrogens (tertiary/aromatic N) is 2. The molecule has 0 radical (unpaired) electrons. The molecule has 142 valence electrons. The molecule has 0 saturated carbocycles. The Balaban J connectivity index is 1.39. The number of nitrogens with one attached hydrogen (secondary N) is 2. The molecule has 0 spiro atoms. The van der Waals surface area contributed by atoms with E-state index in [1.165, 1.54) is 5.56 Å². The van der Waals surface area contributed by atoms with E-state index in [-0.39, 0.29) is 12.5 Å². The van der Waals surface area contributed by atoms with E-state index in [0.717, 1.165) is 49.6 Å². The first-order chi connectivity index (χ1) is 13.2. The van der Waals surface area contributed by atoms with E-state index >= 15 is 0 Å². The predicted molar refractivity (Wildman–Crippen MR) is 108 cm³/mol. The molecule has 2 aromatic rings. The molecule has 1 aliphatic heterocycles. The van der Waals surface area contributed by atoms with Gasteiger partial charge < -0.3 is 10.1 Å². The highest BCUT2D eigenvalue weighted by atomic mass is 16.5. The predicted octanol–water partition coefficient (Wildman–Crippen LogP) is 2.88. The van der Waals surface area contributed by atoms with E-state index in [9.17, 15) is 4.79 Å². The van der Waals surface area contributed by atoms with Crippen molar-refractivity contribution >= 4 is 17.3 Å². The van der Waals surface area contributed by atoms with E-state index in [1.54, 1.807) is 7.11 Å². The van der Waals surface area contributed by atoms with Crippen LogP contribution in [0.15, 0.2) is 59.7 Å². The second kappa shape index (κ2) is 9.73. The number of hydrazone groups is 1. The zero-order valence-corrected chi connectivity index (χ0v) is 15.6. The summed E-state index contributed by atoms with van der Waals surface area (Å²) in [5.74, 6) is 0.597. The maximum absolute atomic E-state index is 12.0. The molecule has 6 heteroatoms. The summed E-state index contributed by atoms with van der Waals surface area (Å²) in [6.45, 7) is 3.06. The Morgan fingerprint density at radius 3 is 2.63 bits per heavy atom. The van der Waals surface area contributed by atoms with Gasteiger partial charge in [-0.25, -0.2) is 5.43 Å². The molecule has 0 aliphatic carbocycles. The molecular weight excluding hydrogens is 340 g/mol. The van der Waals surface area contributed by atoms with Crippen LogP contribution in [0.3, 0.4) is 0 Å². The molecule has 0 bridgehead atoms. The van der Waals surface area contributed by atoms with Gasteiger partial charge in [-0.1, -0.05) is 36.4 Å². The Morgan fingerprint density at radius 2 is 1.89 bits per heavy atom. The summed E-state index contributed by atoms with van der Waals surface area (Å²) < 4.78 is 5.17. The molecule has 0 aromatic heterocycles. The Kier molecular flexibility index (Phi) is 6.82. The maximum atomic E-state index is 12.0. The molecule has 2 N–H and O–H groups in total. The van der Waals surface area contributed by atoms with Crippen molar-refractivity contribution in [2.24, 2.45) is 5.10 Å². The number of carbonyl (C=O) groups excluding carboxylic acids is 1. The van der Waals surface area contributed by atoms with E-state index < -0.39 is 0 Å². The van der Waals surface area contributed by atoms with Gasteiger partial charge in [-0.05, 0) is 17.7 Å². The third kappa shape index (κ3) is 6.11. The molecule has 3 rings (SSSR count). The lowest BCUT2D eigenvalue weighted by molar-refractivity contribution is -0.119. The van der Waals surface area contributed by atoms with Gasteiger partial charge in [0.05, 0.1) is 13.7 Å². The molecule has 1 fully saturated rings. The number of ether oxygens (including phenoxy) is 1. The number of likely N-dealkylation sites (tertiary alicyclic amines) is 1. The van der Waals surface area contributed by atoms with E-state index in [2.05, 4.69) is 45.0 Å². The molecule has 0 unspecified atom stereocenters. The highest BCUT2D eigenvalue weighted by Gasteiger charge is 2.15. The fourth-order valence-electron chi connectivity index (χ4n) is 3.02. The van der Waals surface area contributed by atoms with Gasteiger partial charge in [-0.3, -0.25) is 9.69 Å². The second-order valence-electron chi connectivity index (χ2n) is 6.56. The zero-order valence-electron chi connectivity index (χ0n) is 15.6. The van der Waals surface area contributed by atoms with E-state index in [4.69, 9.17) is 4.74 Å². The van der Waals surface area contributed by atoms with Crippen molar-refractivity contribution in [2.75, 3.05) is 32.1 Å². The van der Waals surface area contributed by atoms with Gasteiger partial charge in [0.25, 0.3) is 5.91 Å². The van der Waals surface area contributed by atoms with E-state index in [0.29, 0.717) is 0 Å². The van der Waals surface area contributed by atoms with Crippen molar-refractivity contribution in [2.45, 2.75) is 19.4 Å². The first kappa shape index (κ1) is 18.9. The Morgan fingerprint density at radius 1 is 1.11 bits per heavy atom. The molecule has 0 atom stereocenters. The first-order valence-electron chi connectivity index (χ1n) is 9.21. The summed E-state index contributed by atoms with van der Waals surface area (Å²) in [5.41, 5.74) is 5.87. The highest BCUT2D eigenvalue weighted by Crippen LogP contribution is 2.16. The second-order valence-corrected chi connectivity index (χ2v) is 6.56. The monoisotopic (exact) mass is 366 g/mol. The summed E-state index contributed by atoms with van der Waals surface area (Å²) in [6.07, 6.45) is 1.77. The summed E-state index contributed by atoms with van der Waals surface area (Å²) in [5, 5.41) is 7.37. The molecular formula is C21H26N4O2. The first-order valence-corrected chi connectivity index (χ1v) is 9.21. The zero-order chi connectivity index (χ0) is 18.9. The standard InChI is InChI=1S/C21H26N4O2/c1-27-20-9-5-8-19(14-20)22-15-21(26)24-23-18-10-12-25(13-11-18)16-17-6-3-2-4-7-17/h2-9,14,22H,10-13,15-16H2,1H3,(H,24,26). The van der Waals surface area contributed by atoms with Crippen molar-refractivity contribution in [3.63, 3.8) is 0 Å². The lowest BCUT2D eigenvalue weighted by atomic mass is 10.1. The van der Waals surface area contributed by atoms with Gasteiger partial charge in [-0.15, -0.1) is 0 Å². The average molecular weight is 366 g/mol. The van der Waals surface area contributed by atoms with Crippen LogP contribution in [0.4, 0.5) is 5.69 Å². The lowest BCUT2D eigenvalue weighted by Gasteiger charge is -2.27. The smallest absolute Gasteiger partial charge is 0.259 e. The van der Waals surface area contributed by atoms with Crippen LogP contribution in [0, 0.1) is 0 Å². The number of rotatable bonds is 7. The van der Waals surface area contributed by atoms with Gasteiger partial charge in [0, 0.05) is 49.9 Å². The Labute approximate surface area is 160 Å². The minimum absolute atomic E-state index is 0.156. The van der Waals surface area contributed by atoms with Crippen LogP contribution in [-0.2, 0) is 11.3 Å². The molecule has 2 aromatic carbocycles. The van der Waals surface area contributed by atoms with Crippen molar-refractivity contribution in [3.05, 3.63) is 60.2 Å². The van der Waals surface area contributed by atoms with Crippen molar-refractivity contribution < 1.29 is 9.53 Å². The molecule has 27 heavy (non-hydrogen) atoms. The summed E-state index contributed by atoms with van der Waals surface area (Å²) in [7, 11) is 1.62. The van der Waals surface area contributed by atoms with Crippen molar-refractivity contribution in [1.29, 1.82) is 0 Å². The lowest BCUT2D eigenvalue weighted by Crippen LogP contribution is -2.35. The van der Waals surface area contributed by atoms with Crippen LogP contribution in [0.1, 0.15) is 18.4 Å². The van der Waals surface area contributed by atoms with Gasteiger partial charge in [0.15, 0.2) is 0 Å². The summed E-state index contributed by atoms with van der Waals surface area (Å²) >= 11 is 0. The number of hydrogen-bond donors (Lipinski definition) is 2. The van der Waals surface area contributed by atoms with Crippen LogP contribution >= 0.6 is 0 Å². The average Bonchev–Trinajstić information content (AvgIpc) is 2.72. The third-order valence-corrected chi connectivity index (χ3v) is 4.54. The Bertz CT molecular complexity index is 767. The summed E-state index contributed by atoms with van der Waals surface area (Å²) in [4.78, 5) is 14.4. The van der Waals surface area contributed by atoms with Crippen LogP contribution in [0.5, 0.6) is 5.75 Å². The van der Waals surface area contributed by atoms with Crippen molar-refractivity contribution in [3.8, 4) is 5.75 Å². The minimum atomic E-state index is -0.156. The quantitative estimate of drug-likeness (QED) is 0.740. The van der Waals surface area contributed by atoms with E-state index in [1.807, 2.05) is 30.3 Å². The van der Waals surface area contributed by atoms with Crippen LogP contribution in [0.25, 0.3) is 0 Å². The molecule has 6 nitrogen and oxygen atoms in total. The largest absolute Gasteiger partial charge is 0.497 e. The number of anilines is 1. The van der Waals surface area contributed by atoms with Crippen LogP contribution in [0.2, 0.25) is 0 Å². The third-order valence-electron chi connectivity index (χ3n) is 4.54. The molecule has 1 heterocycles. The molecule has 1 aliphatic rings. The molecule has 1 saturated heterocycles.